The highest BCUT2D eigenvalue weighted by atomic mass is 35.5. The normalized spacial score (nSPS) is 27.9. The molecule has 200 valence electrons. The van der Waals surface area contributed by atoms with Gasteiger partial charge < -0.3 is 15.1 Å². The van der Waals surface area contributed by atoms with E-state index in [1.165, 1.54) is 33.5 Å². The Morgan fingerprint density at radius 1 is 1.08 bits per heavy atom. The number of halogens is 3. The molecule has 0 aromatic heterocycles. The van der Waals surface area contributed by atoms with Gasteiger partial charge in [0.1, 0.15) is 11.6 Å². The third-order valence-corrected chi connectivity index (χ3v) is 10.1. The van der Waals surface area contributed by atoms with Crippen LogP contribution in [0.1, 0.15) is 50.1 Å². The van der Waals surface area contributed by atoms with Crippen molar-refractivity contribution in [2.24, 2.45) is 5.41 Å². The highest BCUT2D eigenvalue weighted by molar-refractivity contribution is 7.89. The third-order valence-electron chi connectivity index (χ3n) is 7.94. The second-order valence-corrected chi connectivity index (χ2v) is 12.6. The Balaban J connectivity index is 1.60. The molecule has 1 saturated carbocycles. The fourth-order valence-electron chi connectivity index (χ4n) is 6.06. The lowest BCUT2D eigenvalue weighted by Crippen LogP contribution is -2.55. The van der Waals surface area contributed by atoms with E-state index in [4.69, 9.17) is 11.6 Å². The summed E-state index contributed by atoms with van der Waals surface area (Å²) in [6, 6.07) is 6.51. The zero-order valence-corrected chi connectivity index (χ0v) is 21.6. The Morgan fingerprint density at radius 3 is 2.32 bits per heavy atom. The summed E-state index contributed by atoms with van der Waals surface area (Å²) in [5.74, 6) is -1.92. The molecule has 2 aromatic carbocycles. The number of hydrogen-bond acceptors (Lipinski definition) is 5. The van der Waals surface area contributed by atoms with Crippen LogP contribution in [-0.4, -0.2) is 65.1 Å². The zero-order valence-electron chi connectivity index (χ0n) is 20.1. The first kappa shape index (κ1) is 26.5. The van der Waals surface area contributed by atoms with E-state index in [2.05, 4.69) is 0 Å². The maximum atomic E-state index is 14.2. The number of rotatable bonds is 6. The van der Waals surface area contributed by atoms with Crippen molar-refractivity contribution in [3.63, 3.8) is 0 Å². The van der Waals surface area contributed by atoms with Crippen molar-refractivity contribution < 1.29 is 32.2 Å². The first-order chi connectivity index (χ1) is 17.6. The van der Waals surface area contributed by atoms with Gasteiger partial charge in [0.2, 0.25) is 15.9 Å². The van der Waals surface area contributed by atoms with Gasteiger partial charge in [-0.25, -0.2) is 17.2 Å². The van der Waals surface area contributed by atoms with Crippen LogP contribution < -0.4 is 0 Å². The fourth-order valence-corrected chi connectivity index (χ4v) is 8.12. The monoisotopic (exact) mass is 554 g/mol. The van der Waals surface area contributed by atoms with E-state index in [0.717, 1.165) is 18.2 Å². The Bertz CT molecular complexity index is 1270. The first-order valence-electron chi connectivity index (χ1n) is 12.4. The van der Waals surface area contributed by atoms with Gasteiger partial charge in [-0.05, 0) is 80.5 Å². The van der Waals surface area contributed by atoms with Crippen LogP contribution in [0.25, 0.3) is 0 Å². The van der Waals surface area contributed by atoms with Crippen molar-refractivity contribution >= 4 is 27.5 Å². The average Bonchev–Trinajstić information content (AvgIpc) is 3.58. The van der Waals surface area contributed by atoms with Crippen molar-refractivity contribution in [2.45, 2.75) is 67.6 Å². The molecule has 1 amide bonds. The second-order valence-electron chi connectivity index (χ2n) is 10.3. The minimum atomic E-state index is -4.22. The number of carbonyl (C=O) groups is 1. The molecule has 2 N–H and O–H groups in total. The summed E-state index contributed by atoms with van der Waals surface area (Å²) in [5.41, 5.74) is -0.852. The van der Waals surface area contributed by atoms with Gasteiger partial charge in [-0.1, -0.05) is 11.6 Å². The van der Waals surface area contributed by atoms with Crippen LogP contribution in [0.15, 0.2) is 47.4 Å². The van der Waals surface area contributed by atoms with E-state index in [1.54, 1.807) is 0 Å². The van der Waals surface area contributed by atoms with Crippen LogP contribution in [0.3, 0.4) is 0 Å². The van der Waals surface area contributed by atoms with Gasteiger partial charge in [-0.3, -0.25) is 4.79 Å². The number of benzene rings is 2. The van der Waals surface area contributed by atoms with Crippen LogP contribution in [0.4, 0.5) is 8.78 Å². The number of hydrogen-bond donors (Lipinski definition) is 2. The number of amides is 1. The number of aliphatic hydroxyl groups is 2. The van der Waals surface area contributed by atoms with Crippen molar-refractivity contribution in [1.82, 2.24) is 9.21 Å². The third kappa shape index (κ3) is 4.78. The lowest BCUT2D eigenvalue weighted by Gasteiger charge is -2.45. The van der Waals surface area contributed by atoms with E-state index in [9.17, 15) is 32.2 Å². The molecule has 2 heterocycles. The largest absolute Gasteiger partial charge is 0.394 e. The van der Waals surface area contributed by atoms with Gasteiger partial charge in [0, 0.05) is 23.7 Å². The number of β-amino-alcohol motifs (C(OH)–C–C–N with tert-alkyl or cyclic N) is 1. The lowest BCUT2D eigenvalue weighted by molar-refractivity contribution is -0.141. The summed E-state index contributed by atoms with van der Waals surface area (Å²) < 4.78 is 58.0. The molecule has 37 heavy (non-hydrogen) atoms. The number of carbonyl (C=O) groups excluding carboxylic acids is 1. The van der Waals surface area contributed by atoms with Crippen molar-refractivity contribution in [3.05, 3.63) is 64.7 Å². The maximum absolute atomic E-state index is 14.2. The standard InChI is InChI=1S/C26H29ClF2N2O5S/c27-17-4-6-22(7-5-17)37(35,36)31-23(16-10-18(28)12-19(29)11-16)2-1-3-24(31)26(8-9-26)25(34)30-14-21(33)13-20(30)15-32/h4-7,10-12,20-21,23-24,32-33H,1-3,8-9,13-15H2/t20-,21+,23+,24-/m1/s1. The fraction of sp³-hybridized carbons (Fsp3) is 0.500. The van der Waals surface area contributed by atoms with E-state index < -0.39 is 51.3 Å². The molecule has 11 heteroatoms. The van der Waals surface area contributed by atoms with Crippen LogP contribution in [0, 0.1) is 17.0 Å². The molecular formula is C26H29ClF2N2O5S. The van der Waals surface area contributed by atoms with Crippen LogP contribution in [0.2, 0.25) is 5.02 Å². The molecule has 2 aliphatic heterocycles. The van der Waals surface area contributed by atoms with E-state index >= 15 is 0 Å². The summed E-state index contributed by atoms with van der Waals surface area (Å²) in [4.78, 5) is 15.3. The number of sulfonamides is 1. The predicted octanol–water partition coefficient (Wildman–Crippen LogP) is 3.64. The van der Waals surface area contributed by atoms with Crippen LogP contribution in [-0.2, 0) is 14.8 Å². The van der Waals surface area contributed by atoms with Gasteiger partial charge in [0.25, 0.3) is 0 Å². The maximum Gasteiger partial charge on any atom is 0.243 e. The van der Waals surface area contributed by atoms with E-state index in [1.807, 2.05) is 0 Å². The molecule has 0 unspecified atom stereocenters. The zero-order chi connectivity index (χ0) is 26.5. The van der Waals surface area contributed by atoms with Crippen LogP contribution >= 0.6 is 11.6 Å². The Kier molecular flexibility index (Phi) is 7.08. The van der Waals surface area contributed by atoms with E-state index in [0.29, 0.717) is 37.1 Å². The second kappa shape index (κ2) is 9.89. The quantitative estimate of drug-likeness (QED) is 0.568. The molecule has 0 spiro atoms. The first-order valence-corrected chi connectivity index (χ1v) is 14.2. The number of aliphatic hydroxyl groups excluding tert-OH is 2. The smallest absolute Gasteiger partial charge is 0.243 e. The molecule has 1 aliphatic carbocycles. The molecule has 5 rings (SSSR count). The molecule has 2 saturated heterocycles. The number of likely N-dealkylation sites (tertiary alicyclic amines) is 1. The van der Waals surface area contributed by atoms with Crippen molar-refractivity contribution in [2.75, 3.05) is 13.2 Å². The predicted molar refractivity (Wildman–Crippen MR) is 132 cm³/mol. The minimum Gasteiger partial charge on any atom is -0.394 e. The highest BCUT2D eigenvalue weighted by Gasteiger charge is 2.63. The SMILES string of the molecule is O=C(N1C[C@@H](O)C[C@@H]1CO)C1([C@H]2CCC[C@@H](c3cc(F)cc(F)c3)N2S(=O)(=O)c2ccc(Cl)cc2)CC1. The van der Waals surface area contributed by atoms with Gasteiger partial charge in [0.05, 0.1) is 35.1 Å². The van der Waals surface area contributed by atoms with Crippen molar-refractivity contribution in [1.29, 1.82) is 0 Å². The molecule has 2 aromatic rings. The summed E-state index contributed by atoms with van der Waals surface area (Å²) in [6.07, 6.45) is 1.66. The topological polar surface area (TPSA) is 98.2 Å². The Labute approximate surface area is 219 Å². The molecule has 3 aliphatic rings. The molecule has 4 atom stereocenters. The van der Waals surface area contributed by atoms with Gasteiger partial charge >= 0.3 is 0 Å². The van der Waals surface area contributed by atoms with Gasteiger partial charge in [-0.15, -0.1) is 0 Å². The number of nitrogens with zero attached hydrogens (tertiary/aromatic N) is 2. The Morgan fingerprint density at radius 2 is 1.73 bits per heavy atom. The lowest BCUT2D eigenvalue weighted by atomic mass is 9.84. The molecule has 7 nitrogen and oxygen atoms in total. The average molecular weight is 555 g/mol. The van der Waals surface area contributed by atoms with Crippen molar-refractivity contribution in [3.8, 4) is 0 Å². The number of piperidine rings is 1. The Hall–Kier alpha value is -2.11. The van der Waals surface area contributed by atoms with E-state index in [-0.39, 0.29) is 35.9 Å². The summed E-state index contributed by atoms with van der Waals surface area (Å²) in [5, 5.41) is 20.3. The van der Waals surface area contributed by atoms with Gasteiger partial charge in [-0.2, -0.15) is 4.31 Å². The molecule has 3 fully saturated rings. The highest BCUT2D eigenvalue weighted by Crippen LogP contribution is 2.58. The minimum absolute atomic E-state index is 0.0289. The summed E-state index contributed by atoms with van der Waals surface area (Å²) in [7, 11) is -4.22. The molecule has 0 bridgehead atoms. The van der Waals surface area contributed by atoms with Crippen LogP contribution in [0.5, 0.6) is 0 Å². The molecule has 0 radical (unpaired) electrons. The van der Waals surface area contributed by atoms with Gasteiger partial charge in [0.15, 0.2) is 0 Å². The molecular weight excluding hydrogens is 526 g/mol. The summed E-state index contributed by atoms with van der Waals surface area (Å²) >= 11 is 5.99. The summed E-state index contributed by atoms with van der Waals surface area (Å²) in [6.45, 7) is -0.234.